The van der Waals surface area contributed by atoms with Crippen molar-refractivity contribution in [1.29, 1.82) is 0 Å². The van der Waals surface area contributed by atoms with E-state index in [0.29, 0.717) is 6.10 Å². The molecule has 1 heterocycles. The Morgan fingerprint density at radius 1 is 1.11 bits per heavy atom. The van der Waals surface area contributed by atoms with Gasteiger partial charge in [0.15, 0.2) is 0 Å². The van der Waals surface area contributed by atoms with Gasteiger partial charge in [0.25, 0.3) is 0 Å². The molecule has 0 aromatic heterocycles. The third-order valence-electron chi connectivity index (χ3n) is 4.33. The van der Waals surface area contributed by atoms with E-state index in [1.165, 1.54) is 43.2 Å². The first kappa shape index (κ1) is 12.9. The lowest BCUT2D eigenvalue weighted by Crippen LogP contribution is -2.25. The van der Waals surface area contributed by atoms with Crippen LogP contribution in [0.2, 0.25) is 0 Å². The molecule has 0 saturated heterocycles. The summed E-state index contributed by atoms with van der Waals surface area (Å²) in [5, 5.41) is 0. The van der Waals surface area contributed by atoms with Crippen molar-refractivity contribution >= 4 is 5.69 Å². The molecule has 3 heteroatoms. The minimum atomic E-state index is 0.523. The lowest BCUT2D eigenvalue weighted by Gasteiger charge is -2.23. The number of rotatable bonds is 4. The average molecular weight is 260 g/mol. The van der Waals surface area contributed by atoms with Gasteiger partial charge in [-0.3, -0.25) is 4.90 Å². The monoisotopic (exact) mass is 260 g/mol. The van der Waals surface area contributed by atoms with Crippen LogP contribution in [0.5, 0.6) is 0 Å². The van der Waals surface area contributed by atoms with Crippen LogP contribution in [0, 0.1) is 0 Å². The van der Waals surface area contributed by atoms with E-state index in [2.05, 4.69) is 17.0 Å². The minimum Gasteiger partial charge on any atom is -0.399 e. The molecule has 0 bridgehead atoms. The zero-order valence-electron chi connectivity index (χ0n) is 11.6. The number of hydrogen-bond acceptors (Lipinski definition) is 3. The second kappa shape index (κ2) is 5.93. The molecular weight excluding hydrogens is 236 g/mol. The molecule has 0 amide bonds. The summed E-state index contributed by atoms with van der Waals surface area (Å²) in [4.78, 5) is 2.45. The van der Waals surface area contributed by atoms with Crippen molar-refractivity contribution < 1.29 is 4.74 Å². The standard InChI is InChI=1S/C16H24N2O/c17-15-7-6-13-11-18(12-14(13)10-15)8-9-19-16-4-2-1-3-5-16/h6-7,10,16H,1-5,8-9,11-12,17H2. The Labute approximate surface area is 115 Å². The lowest BCUT2D eigenvalue weighted by molar-refractivity contribution is 0.0157. The molecule has 0 spiro atoms. The van der Waals surface area contributed by atoms with Crippen LogP contribution in [0.25, 0.3) is 0 Å². The van der Waals surface area contributed by atoms with Crippen LogP contribution in [0.3, 0.4) is 0 Å². The molecule has 1 saturated carbocycles. The molecule has 2 aliphatic rings. The van der Waals surface area contributed by atoms with Crippen molar-refractivity contribution in [3.63, 3.8) is 0 Å². The van der Waals surface area contributed by atoms with Crippen molar-refractivity contribution in [2.45, 2.75) is 51.3 Å². The van der Waals surface area contributed by atoms with E-state index in [0.717, 1.165) is 31.9 Å². The number of nitrogen functional groups attached to an aromatic ring is 1. The van der Waals surface area contributed by atoms with E-state index >= 15 is 0 Å². The molecule has 0 unspecified atom stereocenters. The zero-order chi connectivity index (χ0) is 13.1. The SMILES string of the molecule is Nc1ccc2c(c1)CN(CCOC1CCCCC1)C2. The number of hydrogen-bond donors (Lipinski definition) is 1. The molecule has 1 aliphatic carbocycles. The largest absolute Gasteiger partial charge is 0.399 e. The first-order valence-corrected chi connectivity index (χ1v) is 7.52. The molecular formula is C16H24N2O. The molecule has 3 nitrogen and oxygen atoms in total. The maximum absolute atomic E-state index is 6.00. The maximum Gasteiger partial charge on any atom is 0.0597 e. The van der Waals surface area contributed by atoms with Crippen LogP contribution in [0.1, 0.15) is 43.2 Å². The Kier molecular flexibility index (Phi) is 4.04. The summed E-state index contributed by atoms with van der Waals surface area (Å²) >= 11 is 0. The molecule has 0 radical (unpaired) electrons. The summed E-state index contributed by atoms with van der Waals surface area (Å²) in [5.74, 6) is 0. The fourth-order valence-corrected chi connectivity index (χ4v) is 3.22. The van der Waals surface area contributed by atoms with Crippen molar-refractivity contribution in [1.82, 2.24) is 4.90 Å². The van der Waals surface area contributed by atoms with Gasteiger partial charge >= 0.3 is 0 Å². The molecule has 3 rings (SSSR count). The van der Waals surface area contributed by atoms with Gasteiger partial charge in [0.05, 0.1) is 12.7 Å². The average Bonchev–Trinajstić information content (AvgIpc) is 2.82. The van der Waals surface area contributed by atoms with Crippen molar-refractivity contribution in [3.8, 4) is 0 Å². The molecule has 19 heavy (non-hydrogen) atoms. The predicted molar refractivity (Wildman–Crippen MR) is 77.8 cm³/mol. The lowest BCUT2D eigenvalue weighted by atomic mass is 9.98. The Balaban J connectivity index is 1.43. The highest BCUT2D eigenvalue weighted by molar-refractivity contribution is 5.46. The third-order valence-corrected chi connectivity index (χ3v) is 4.33. The van der Waals surface area contributed by atoms with Crippen molar-refractivity contribution in [3.05, 3.63) is 29.3 Å². The summed E-state index contributed by atoms with van der Waals surface area (Å²) in [5.41, 5.74) is 9.51. The first-order chi connectivity index (χ1) is 9.31. The molecule has 104 valence electrons. The van der Waals surface area contributed by atoms with E-state index in [1.807, 2.05) is 6.07 Å². The van der Waals surface area contributed by atoms with Gasteiger partial charge in [0.2, 0.25) is 0 Å². The zero-order valence-corrected chi connectivity index (χ0v) is 11.6. The summed E-state index contributed by atoms with van der Waals surface area (Å²) in [6.45, 7) is 3.97. The van der Waals surface area contributed by atoms with Crippen LogP contribution in [-0.2, 0) is 17.8 Å². The third kappa shape index (κ3) is 3.28. The van der Waals surface area contributed by atoms with Gasteiger partial charge in [0, 0.05) is 25.3 Å². The summed E-state index contributed by atoms with van der Waals surface area (Å²) < 4.78 is 6.00. The van der Waals surface area contributed by atoms with Gasteiger partial charge in [0.1, 0.15) is 0 Å². The number of anilines is 1. The first-order valence-electron chi connectivity index (χ1n) is 7.52. The Bertz CT molecular complexity index is 427. The molecule has 0 atom stereocenters. The predicted octanol–water partition coefficient (Wildman–Crippen LogP) is 2.93. The van der Waals surface area contributed by atoms with Gasteiger partial charge in [-0.15, -0.1) is 0 Å². The molecule has 1 fully saturated rings. The highest BCUT2D eigenvalue weighted by Crippen LogP contribution is 2.25. The molecule has 1 aliphatic heterocycles. The van der Waals surface area contributed by atoms with E-state index < -0.39 is 0 Å². The topological polar surface area (TPSA) is 38.5 Å². The van der Waals surface area contributed by atoms with Crippen LogP contribution >= 0.6 is 0 Å². The van der Waals surface area contributed by atoms with Crippen LogP contribution < -0.4 is 5.73 Å². The summed E-state index contributed by atoms with van der Waals surface area (Å²) in [7, 11) is 0. The Morgan fingerprint density at radius 2 is 1.89 bits per heavy atom. The normalized spacial score (nSPS) is 20.6. The van der Waals surface area contributed by atoms with Gasteiger partial charge in [-0.05, 0) is 36.1 Å². The summed E-state index contributed by atoms with van der Waals surface area (Å²) in [6.07, 6.45) is 7.13. The molecule has 1 aromatic rings. The molecule has 2 N–H and O–H groups in total. The van der Waals surface area contributed by atoms with Crippen LogP contribution in [0.4, 0.5) is 5.69 Å². The smallest absolute Gasteiger partial charge is 0.0597 e. The summed E-state index contributed by atoms with van der Waals surface area (Å²) in [6, 6.07) is 6.27. The van der Waals surface area contributed by atoms with E-state index in [1.54, 1.807) is 0 Å². The Hall–Kier alpha value is -1.06. The van der Waals surface area contributed by atoms with Crippen molar-refractivity contribution in [2.24, 2.45) is 0 Å². The minimum absolute atomic E-state index is 0.523. The maximum atomic E-state index is 6.00. The van der Waals surface area contributed by atoms with E-state index in [-0.39, 0.29) is 0 Å². The quantitative estimate of drug-likeness (QED) is 0.846. The second-order valence-electron chi connectivity index (χ2n) is 5.87. The van der Waals surface area contributed by atoms with E-state index in [9.17, 15) is 0 Å². The van der Waals surface area contributed by atoms with Crippen LogP contribution in [0.15, 0.2) is 18.2 Å². The fraction of sp³-hybridized carbons (Fsp3) is 0.625. The Morgan fingerprint density at radius 3 is 2.74 bits per heavy atom. The number of ether oxygens (including phenoxy) is 1. The van der Waals surface area contributed by atoms with E-state index in [4.69, 9.17) is 10.5 Å². The molecule has 1 aromatic carbocycles. The second-order valence-corrected chi connectivity index (χ2v) is 5.87. The highest BCUT2D eigenvalue weighted by atomic mass is 16.5. The number of nitrogens with zero attached hydrogens (tertiary/aromatic N) is 1. The van der Waals surface area contributed by atoms with Gasteiger partial charge in [-0.25, -0.2) is 0 Å². The number of nitrogens with two attached hydrogens (primary N) is 1. The fourth-order valence-electron chi connectivity index (χ4n) is 3.22. The van der Waals surface area contributed by atoms with Gasteiger partial charge in [-0.2, -0.15) is 0 Å². The van der Waals surface area contributed by atoms with Gasteiger partial charge in [-0.1, -0.05) is 25.3 Å². The van der Waals surface area contributed by atoms with Crippen LogP contribution in [-0.4, -0.2) is 24.2 Å². The van der Waals surface area contributed by atoms with Crippen molar-refractivity contribution in [2.75, 3.05) is 18.9 Å². The number of benzene rings is 1. The highest BCUT2D eigenvalue weighted by Gasteiger charge is 2.19. The van der Waals surface area contributed by atoms with Gasteiger partial charge < -0.3 is 10.5 Å². The number of fused-ring (bicyclic) bond motifs is 1.